The quantitative estimate of drug-likeness (QED) is 0.188. The minimum absolute atomic E-state index is 0.372. The van der Waals surface area contributed by atoms with Crippen LogP contribution >= 0.6 is 0 Å². The summed E-state index contributed by atoms with van der Waals surface area (Å²) in [6.07, 6.45) is 2.21. The second kappa shape index (κ2) is 8.99. The number of fused-ring (bicyclic) bond motifs is 15. The van der Waals surface area contributed by atoms with E-state index in [2.05, 4.69) is 179 Å². The van der Waals surface area contributed by atoms with Crippen molar-refractivity contribution in [3.8, 4) is 33.6 Å². The Balaban J connectivity index is 1.25. The van der Waals surface area contributed by atoms with E-state index in [1.807, 2.05) is 0 Å². The maximum atomic E-state index is 2.49. The number of hydrogen-bond donors (Lipinski definition) is 0. The summed E-state index contributed by atoms with van der Waals surface area (Å²) in [5.41, 5.74) is 16.4. The molecule has 218 valence electrons. The van der Waals surface area contributed by atoms with E-state index in [0.29, 0.717) is 0 Å². The smallest absolute Gasteiger partial charge is 0.0726 e. The molecule has 2 aliphatic rings. The first-order chi connectivity index (χ1) is 23.3. The molecule has 0 unspecified atom stereocenters. The molecule has 0 fully saturated rings. The van der Waals surface area contributed by atoms with Crippen molar-refractivity contribution in [2.45, 2.75) is 5.41 Å². The third-order valence-corrected chi connectivity index (χ3v) is 10.8. The van der Waals surface area contributed by atoms with Crippen molar-refractivity contribution in [2.24, 2.45) is 0 Å². The van der Waals surface area contributed by atoms with Gasteiger partial charge >= 0.3 is 0 Å². The summed E-state index contributed by atoms with van der Waals surface area (Å²) < 4.78 is 4.82. The van der Waals surface area contributed by atoms with E-state index in [-0.39, 0.29) is 5.41 Å². The Hall–Kier alpha value is -6.12. The van der Waals surface area contributed by atoms with Gasteiger partial charge in [0.1, 0.15) is 0 Å². The molecule has 47 heavy (non-hydrogen) atoms. The summed E-state index contributed by atoms with van der Waals surface area (Å²) >= 11 is 0. The van der Waals surface area contributed by atoms with Crippen LogP contribution in [0.2, 0.25) is 0 Å². The molecule has 2 heteroatoms. The molecule has 0 radical (unpaired) electrons. The van der Waals surface area contributed by atoms with E-state index in [4.69, 9.17) is 0 Å². The number of benzene rings is 7. The molecule has 9 aromatic rings. The number of aromatic nitrogens is 2. The van der Waals surface area contributed by atoms with Crippen LogP contribution in [0, 0.1) is 0 Å². The molecule has 2 nitrogen and oxygen atoms in total. The minimum atomic E-state index is -0.372. The molecule has 0 atom stereocenters. The zero-order valence-corrected chi connectivity index (χ0v) is 25.6. The van der Waals surface area contributed by atoms with Crippen LogP contribution in [-0.2, 0) is 5.41 Å². The molecule has 0 saturated heterocycles. The molecule has 1 spiro atoms. The average Bonchev–Trinajstić information content (AvgIpc) is 3.87. The summed E-state index contributed by atoms with van der Waals surface area (Å²) in [7, 11) is 0. The predicted octanol–water partition coefficient (Wildman–Crippen LogP) is 11.1. The van der Waals surface area contributed by atoms with Gasteiger partial charge in [-0.2, -0.15) is 0 Å². The highest BCUT2D eigenvalue weighted by molar-refractivity contribution is 6.20. The van der Waals surface area contributed by atoms with Crippen LogP contribution in [0.3, 0.4) is 0 Å². The second-order valence-corrected chi connectivity index (χ2v) is 12.9. The molecule has 2 aromatic heterocycles. The van der Waals surface area contributed by atoms with Crippen LogP contribution in [-0.4, -0.2) is 9.13 Å². The van der Waals surface area contributed by atoms with Crippen LogP contribution in [0.15, 0.2) is 170 Å². The third kappa shape index (κ3) is 3.05. The van der Waals surface area contributed by atoms with Crippen molar-refractivity contribution < 1.29 is 0 Å². The Labute approximate surface area is 272 Å². The monoisotopic (exact) mass is 596 g/mol. The molecule has 2 heterocycles. The van der Waals surface area contributed by atoms with Gasteiger partial charge in [0.25, 0.3) is 0 Å². The van der Waals surface area contributed by atoms with Crippen LogP contribution in [0.5, 0.6) is 0 Å². The Bertz CT molecular complexity index is 2680. The van der Waals surface area contributed by atoms with Gasteiger partial charge in [-0.15, -0.1) is 0 Å². The van der Waals surface area contributed by atoms with Crippen molar-refractivity contribution in [3.63, 3.8) is 0 Å². The van der Waals surface area contributed by atoms with Crippen molar-refractivity contribution in [1.82, 2.24) is 9.13 Å². The number of hydrogen-bond acceptors (Lipinski definition) is 0. The molecule has 0 amide bonds. The van der Waals surface area contributed by atoms with Gasteiger partial charge in [0.15, 0.2) is 0 Å². The predicted molar refractivity (Wildman–Crippen MR) is 194 cm³/mol. The normalized spacial score (nSPS) is 13.7. The fourth-order valence-electron chi connectivity index (χ4n) is 8.99. The summed E-state index contributed by atoms with van der Waals surface area (Å²) in [4.78, 5) is 0. The molecule has 0 N–H and O–H groups in total. The van der Waals surface area contributed by atoms with E-state index in [1.165, 1.54) is 88.6 Å². The summed E-state index contributed by atoms with van der Waals surface area (Å²) in [5.74, 6) is 0. The molecule has 0 aliphatic heterocycles. The SMILES string of the molecule is c1ccc(-n2ccc3ccc4c(c5ccccc5n4-c4ccc5c(c4)C4(c6ccccc6-c6ccccc64)c4ccccc4-5)c32)cc1. The van der Waals surface area contributed by atoms with Gasteiger partial charge < -0.3 is 9.13 Å². The van der Waals surface area contributed by atoms with E-state index in [0.717, 1.165) is 0 Å². The minimum Gasteiger partial charge on any atom is -0.316 e. The van der Waals surface area contributed by atoms with Crippen molar-refractivity contribution >= 4 is 32.7 Å². The lowest BCUT2D eigenvalue weighted by Crippen LogP contribution is -2.26. The Kier molecular flexibility index (Phi) is 4.80. The number of rotatable bonds is 2. The lowest BCUT2D eigenvalue weighted by atomic mass is 9.70. The number of nitrogens with zero attached hydrogens (tertiary/aromatic N) is 2. The first kappa shape index (κ1) is 25.1. The highest BCUT2D eigenvalue weighted by Gasteiger charge is 2.51. The van der Waals surface area contributed by atoms with E-state index < -0.39 is 0 Å². The fourth-order valence-corrected chi connectivity index (χ4v) is 8.99. The molecule has 11 rings (SSSR count). The highest BCUT2D eigenvalue weighted by atomic mass is 15.0. The average molecular weight is 597 g/mol. The second-order valence-electron chi connectivity index (χ2n) is 12.9. The van der Waals surface area contributed by atoms with Gasteiger partial charge in [-0.1, -0.05) is 121 Å². The van der Waals surface area contributed by atoms with E-state index >= 15 is 0 Å². The zero-order chi connectivity index (χ0) is 30.7. The van der Waals surface area contributed by atoms with Gasteiger partial charge in [-0.05, 0) is 87.0 Å². The Morgan fingerprint density at radius 1 is 0.404 bits per heavy atom. The van der Waals surface area contributed by atoms with Gasteiger partial charge in [-0.25, -0.2) is 0 Å². The van der Waals surface area contributed by atoms with Gasteiger partial charge in [0, 0.05) is 33.7 Å². The van der Waals surface area contributed by atoms with Gasteiger partial charge in [-0.3, -0.25) is 0 Å². The zero-order valence-electron chi connectivity index (χ0n) is 25.6. The van der Waals surface area contributed by atoms with Crippen molar-refractivity contribution in [3.05, 3.63) is 192 Å². The number of para-hydroxylation sites is 2. The van der Waals surface area contributed by atoms with Crippen LogP contribution < -0.4 is 0 Å². The lowest BCUT2D eigenvalue weighted by Gasteiger charge is -2.30. The topological polar surface area (TPSA) is 9.86 Å². The molecular weight excluding hydrogens is 569 g/mol. The molecule has 2 aliphatic carbocycles. The summed E-state index contributed by atoms with van der Waals surface area (Å²) in [6.45, 7) is 0. The molecule has 0 saturated carbocycles. The van der Waals surface area contributed by atoms with E-state index in [1.54, 1.807) is 0 Å². The first-order valence-electron chi connectivity index (χ1n) is 16.4. The molecule has 0 bridgehead atoms. The largest absolute Gasteiger partial charge is 0.316 e. The Morgan fingerprint density at radius 2 is 1.00 bits per heavy atom. The third-order valence-electron chi connectivity index (χ3n) is 10.8. The van der Waals surface area contributed by atoms with Crippen LogP contribution in [0.25, 0.3) is 66.3 Å². The van der Waals surface area contributed by atoms with Crippen molar-refractivity contribution in [2.75, 3.05) is 0 Å². The summed E-state index contributed by atoms with van der Waals surface area (Å²) in [5, 5.41) is 3.79. The highest BCUT2D eigenvalue weighted by Crippen LogP contribution is 2.63. The van der Waals surface area contributed by atoms with Crippen molar-refractivity contribution in [1.29, 1.82) is 0 Å². The van der Waals surface area contributed by atoms with Crippen LogP contribution in [0.4, 0.5) is 0 Å². The van der Waals surface area contributed by atoms with E-state index in [9.17, 15) is 0 Å². The maximum Gasteiger partial charge on any atom is 0.0726 e. The lowest BCUT2D eigenvalue weighted by molar-refractivity contribution is 0.792. The van der Waals surface area contributed by atoms with Gasteiger partial charge in [0.05, 0.1) is 22.0 Å². The maximum absolute atomic E-state index is 2.49. The van der Waals surface area contributed by atoms with Gasteiger partial charge in [0.2, 0.25) is 0 Å². The first-order valence-corrected chi connectivity index (χ1v) is 16.4. The Morgan fingerprint density at radius 3 is 1.70 bits per heavy atom. The molecular formula is C45H28N2. The standard InChI is InChI=1S/C45H28N2/c1-2-12-30(13-3-1)46-27-26-29-22-25-42-43(44(29)46)36-17-7-11-21-41(36)47(42)31-23-24-35-34-16-6-10-20-39(34)45(40(35)28-31)37-18-8-4-14-32(37)33-15-5-9-19-38(33)45/h1-28H. The molecule has 7 aromatic carbocycles. The van der Waals surface area contributed by atoms with Crippen LogP contribution in [0.1, 0.15) is 22.3 Å². The fraction of sp³-hybridized carbons (Fsp3) is 0.0222. The summed E-state index contributed by atoms with van der Waals surface area (Å²) in [6, 6.07) is 60.7.